The highest BCUT2D eigenvalue weighted by Crippen LogP contribution is 2.28. The molecule has 0 fully saturated rings. The minimum absolute atomic E-state index is 1.00. The molecule has 3 heterocycles. The summed E-state index contributed by atoms with van der Waals surface area (Å²) in [6, 6.07) is 6.38. The second-order valence-electron chi connectivity index (χ2n) is 5.14. The number of fused-ring (bicyclic) bond motifs is 1. The standard InChI is InChI=1S/C16H17N3/c1-10-7-13-14(9-19(4)16(13)17-8-10)15-6-5-11(2)12(3)18-15/h5-9H,1-4H3. The molecule has 19 heavy (non-hydrogen) atoms. The summed E-state index contributed by atoms with van der Waals surface area (Å²) < 4.78 is 2.06. The molecule has 0 saturated heterocycles. The molecule has 0 aromatic carbocycles. The fourth-order valence-electron chi connectivity index (χ4n) is 2.35. The van der Waals surface area contributed by atoms with Crippen LogP contribution in [0.4, 0.5) is 0 Å². The van der Waals surface area contributed by atoms with Crippen LogP contribution in [0, 0.1) is 20.8 Å². The van der Waals surface area contributed by atoms with Gasteiger partial charge in [0.2, 0.25) is 0 Å². The Balaban J connectivity index is 2.29. The van der Waals surface area contributed by atoms with Gasteiger partial charge in [-0.25, -0.2) is 4.98 Å². The molecule has 0 amide bonds. The number of rotatable bonds is 1. The van der Waals surface area contributed by atoms with Gasteiger partial charge in [-0.15, -0.1) is 0 Å². The first-order valence-electron chi connectivity index (χ1n) is 6.42. The van der Waals surface area contributed by atoms with Crippen LogP contribution in [0.15, 0.2) is 30.6 Å². The Kier molecular flexibility index (Phi) is 2.63. The molecular formula is C16H17N3. The molecule has 96 valence electrons. The van der Waals surface area contributed by atoms with Crippen molar-refractivity contribution in [2.75, 3.05) is 0 Å². The molecule has 0 radical (unpaired) electrons. The highest BCUT2D eigenvalue weighted by Gasteiger charge is 2.11. The molecule has 3 aromatic rings. The molecule has 0 spiro atoms. The fraction of sp³-hybridized carbons (Fsp3) is 0.250. The first kappa shape index (κ1) is 11.9. The normalized spacial score (nSPS) is 11.2. The summed E-state index contributed by atoms with van der Waals surface area (Å²) in [4.78, 5) is 9.20. The summed E-state index contributed by atoms with van der Waals surface area (Å²) in [5.74, 6) is 0. The zero-order valence-corrected chi connectivity index (χ0v) is 11.7. The van der Waals surface area contributed by atoms with E-state index < -0.39 is 0 Å². The van der Waals surface area contributed by atoms with E-state index in [9.17, 15) is 0 Å². The van der Waals surface area contributed by atoms with Gasteiger partial charge in [0.1, 0.15) is 5.65 Å². The number of aromatic nitrogens is 3. The molecular weight excluding hydrogens is 234 g/mol. The third-order valence-electron chi connectivity index (χ3n) is 3.58. The highest BCUT2D eigenvalue weighted by atomic mass is 15.0. The number of hydrogen-bond acceptors (Lipinski definition) is 2. The van der Waals surface area contributed by atoms with Crippen LogP contribution >= 0.6 is 0 Å². The second-order valence-corrected chi connectivity index (χ2v) is 5.14. The van der Waals surface area contributed by atoms with Gasteiger partial charge < -0.3 is 4.57 Å². The molecule has 0 unspecified atom stereocenters. The third-order valence-corrected chi connectivity index (χ3v) is 3.58. The van der Waals surface area contributed by atoms with E-state index in [1.165, 1.54) is 16.5 Å². The van der Waals surface area contributed by atoms with Crippen molar-refractivity contribution in [1.82, 2.24) is 14.5 Å². The van der Waals surface area contributed by atoms with Crippen molar-refractivity contribution < 1.29 is 0 Å². The Morgan fingerprint density at radius 1 is 1.11 bits per heavy atom. The van der Waals surface area contributed by atoms with Crippen LogP contribution in [0.1, 0.15) is 16.8 Å². The Morgan fingerprint density at radius 2 is 1.89 bits per heavy atom. The van der Waals surface area contributed by atoms with Crippen molar-refractivity contribution in [2.24, 2.45) is 7.05 Å². The minimum Gasteiger partial charge on any atom is -0.335 e. The van der Waals surface area contributed by atoms with E-state index in [0.29, 0.717) is 0 Å². The van der Waals surface area contributed by atoms with E-state index in [-0.39, 0.29) is 0 Å². The molecule has 0 N–H and O–H groups in total. The van der Waals surface area contributed by atoms with Crippen molar-refractivity contribution in [1.29, 1.82) is 0 Å². The molecule has 0 saturated carbocycles. The van der Waals surface area contributed by atoms with E-state index in [4.69, 9.17) is 4.98 Å². The van der Waals surface area contributed by atoms with Crippen molar-refractivity contribution in [3.8, 4) is 11.3 Å². The lowest BCUT2D eigenvalue weighted by Gasteiger charge is -2.03. The van der Waals surface area contributed by atoms with Crippen molar-refractivity contribution in [3.05, 3.63) is 47.4 Å². The maximum absolute atomic E-state index is 4.69. The van der Waals surface area contributed by atoms with Gasteiger partial charge >= 0.3 is 0 Å². The van der Waals surface area contributed by atoms with Gasteiger partial charge in [-0.3, -0.25) is 4.98 Å². The quantitative estimate of drug-likeness (QED) is 0.662. The lowest BCUT2D eigenvalue weighted by Crippen LogP contribution is -1.89. The molecule has 3 heteroatoms. The minimum atomic E-state index is 1.00. The van der Waals surface area contributed by atoms with E-state index in [0.717, 1.165) is 22.6 Å². The summed E-state index contributed by atoms with van der Waals surface area (Å²) in [6.45, 7) is 6.20. The Labute approximate surface area is 112 Å². The number of pyridine rings is 2. The molecule has 0 bridgehead atoms. The van der Waals surface area contributed by atoms with Gasteiger partial charge in [0, 0.05) is 36.1 Å². The maximum Gasteiger partial charge on any atom is 0.140 e. The number of nitrogens with zero attached hydrogens (tertiary/aromatic N) is 3. The summed E-state index contributed by atoms with van der Waals surface area (Å²) >= 11 is 0. The van der Waals surface area contributed by atoms with Gasteiger partial charge in [0.05, 0.1) is 5.69 Å². The lowest BCUT2D eigenvalue weighted by atomic mass is 10.1. The van der Waals surface area contributed by atoms with Crippen molar-refractivity contribution in [2.45, 2.75) is 20.8 Å². The van der Waals surface area contributed by atoms with Crippen molar-refractivity contribution >= 4 is 11.0 Å². The van der Waals surface area contributed by atoms with Crippen LogP contribution in [0.3, 0.4) is 0 Å². The summed E-state index contributed by atoms with van der Waals surface area (Å²) in [5, 5.41) is 1.17. The van der Waals surface area contributed by atoms with Crippen LogP contribution in [0.2, 0.25) is 0 Å². The topological polar surface area (TPSA) is 30.7 Å². The lowest BCUT2D eigenvalue weighted by molar-refractivity contribution is 0.947. The van der Waals surface area contributed by atoms with Crippen LogP contribution < -0.4 is 0 Å². The highest BCUT2D eigenvalue weighted by molar-refractivity contribution is 5.93. The van der Waals surface area contributed by atoms with Crippen LogP contribution in [-0.4, -0.2) is 14.5 Å². The van der Waals surface area contributed by atoms with E-state index in [2.05, 4.69) is 47.8 Å². The SMILES string of the molecule is Cc1cnc2c(c1)c(-c1ccc(C)c(C)n1)cn2C. The summed E-state index contributed by atoms with van der Waals surface area (Å²) in [7, 11) is 2.02. The third kappa shape index (κ3) is 1.91. The predicted molar refractivity (Wildman–Crippen MR) is 78.2 cm³/mol. The van der Waals surface area contributed by atoms with E-state index >= 15 is 0 Å². The molecule has 3 aromatic heterocycles. The van der Waals surface area contributed by atoms with E-state index in [1.807, 2.05) is 20.2 Å². The van der Waals surface area contributed by atoms with Gasteiger partial charge in [-0.1, -0.05) is 6.07 Å². The molecule has 0 aliphatic carbocycles. The monoisotopic (exact) mass is 251 g/mol. The molecule has 0 atom stereocenters. The Morgan fingerprint density at radius 3 is 2.63 bits per heavy atom. The Bertz CT molecular complexity index is 769. The van der Waals surface area contributed by atoms with Crippen LogP contribution in [0.5, 0.6) is 0 Å². The zero-order valence-electron chi connectivity index (χ0n) is 11.7. The first-order valence-corrected chi connectivity index (χ1v) is 6.42. The number of aryl methyl sites for hydroxylation is 4. The second kappa shape index (κ2) is 4.19. The molecule has 3 rings (SSSR count). The molecule has 0 aliphatic rings. The predicted octanol–water partition coefficient (Wildman–Crippen LogP) is 3.56. The Hall–Kier alpha value is -2.16. The first-order chi connectivity index (χ1) is 9.06. The van der Waals surface area contributed by atoms with Crippen LogP contribution in [0.25, 0.3) is 22.3 Å². The van der Waals surface area contributed by atoms with Gasteiger partial charge in [0.25, 0.3) is 0 Å². The number of hydrogen-bond donors (Lipinski definition) is 0. The molecule has 3 nitrogen and oxygen atoms in total. The average Bonchev–Trinajstić information content (AvgIpc) is 2.70. The zero-order chi connectivity index (χ0) is 13.6. The maximum atomic E-state index is 4.69. The van der Waals surface area contributed by atoms with Crippen molar-refractivity contribution in [3.63, 3.8) is 0 Å². The van der Waals surface area contributed by atoms with Gasteiger partial charge in [-0.05, 0) is 44.0 Å². The fourth-order valence-corrected chi connectivity index (χ4v) is 2.35. The summed E-state index contributed by atoms with van der Waals surface area (Å²) in [6.07, 6.45) is 4.01. The van der Waals surface area contributed by atoms with E-state index in [1.54, 1.807) is 0 Å². The van der Waals surface area contributed by atoms with Crippen LogP contribution in [-0.2, 0) is 7.05 Å². The van der Waals surface area contributed by atoms with Gasteiger partial charge in [-0.2, -0.15) is 0 Å². The van der Waals surface area contributed by atoms with Gasteiger partial charge in [0.15, 0.2) is 0 Å². The largest absolute Gasteiger partial charge is 0.335 e. The smallest absolute Gasteiger partial charge is 0.140 e. The average molecular weight is 251 g/mol. The summed E-state index contributed by atoms with van der Waals surface area (Å²) in [5.41, 5.74) is 6.63. The molecule has 0 aliphatic heterocycles.